The lowest BCUT2D eigenvalue weighted by molar-refractivity contribution is 0.0944. The minimum Gasteiger partial charge on any atom is -0.345 e. The summed E-state index contributed by atoms with van der Waals surface area (Å²) in [6.45, 7) is 5.93. The second-order valence-electron chi connectivity index (χ2n) is 8.06. The lowest BCUT2D eigenvalue weighted by atomic mass is 10.1. The Morgan fingerprint density at radius 3 is 2.35 bits per heavy atom. The zero-order valence-electron chi connectivity index (χ0n) is 19.1. The van der Waals surface area contributed by atoms with Crippen LogP contribution in [0.1, 0.15) is 40.7 Å². The molecule has 0 saturated heterocycles. The average Bonchev–Trinajstić information content (AvgIpc) is 3.24. The number of sulfonamides is 1. The van der Waals surface area contributed by atoms with Gasteiger partial charge in [-0.2, -0.15) is 0 Å². The van der Waals surface area contributed by atoms with Gasteiger partial charge in [0.25, 0.3) is 15.9 Å². The standard InChI is InChI=1S/C26H25ClN2O3S2/c1-4-29(34(31,32)23-12-5-17(2)6-13-23)22-11-14-24-20(15-22)16-25(33-24)26(30)28-18(3)19-7-9-21(27)10-8-19/h5-16,18H,4H2,1-3H3,(H,28,30). The maximum absolute atomic E-state index is 13.3. The number of benzene rings is 3. The smallest absolute Gasteiger partial charge is 0.264 e. The van der Waals surface area contributed by atoms with E-state index in [0.717, 1.165) is 21.2 Å². The van der Waals surface area contributed by atoms with E-state index in [2.05, 4.69) is 5.32 Å². The van der Waals surface area contributed by atoms with Gasteiger partial charge in [0.15, 0.2) is 0 Å². The van der Waals surface area contributed by atoms with Gasteiger partial charge < -0.3 is 5.32 Å². The largest absolute Gasteiger partial charge is 0.345 e. The number of hydrogen-bond acceptors (Lipinski definition) is 4. The van der Waals surface area contributed by atoms with Gasteiger partial charge in [-0.1, -0.05) is 41.4 Å². The van der Waals surface area contributed by atoms with Crippen molar-refractivity contribution in [3.8, 4) is 0 Å². The molecule has 3 aromatic carbocycles. The number of aryl methyl sites for hydroxylation is 1. The highest BCUT2D eigenvalue weighted by molar-refractivity contribution is 7.92. The molecule has 0 saturated carbocycles. The van der Waals surface area contributed by atoms with Crippen molar-refractivity contribution in [3.63, 3.8) is 0 Å². The Labute approximate surface area is 209 Å². The number of nitrogens with zero attached hydrogens (tertiary/aromatic N) is 1. The molecule has 0 bridgehead atoms. The number of fused-ring (bicyclic) bond motifs is 1. The summed E-state index contributed by atoms with van der Waals surface area (Å²) in [5.41, 5.74) is 2.52. The second kappa shape index (κ2) is 9.78. The first-order valence-corrected chi connectivity index (χ1v) is 13.5. The van der Waals surface area contributed by atoms with E-state index in [1.807, 2.05) is 38.1 Å². The number of nitrogens with one attached hydrogen (secondary N) is 1. The van der Waals surface area contributed by atoms with Crippen LogP contribution in [0.15, 0.2) is 77.7 Å². The average molecular weight is 513 g/mol. The third-order valence-electron chi connectivity index (χ3n) is 5.63. The molecule has 1 amide bonds. The van der Waals surface area contributed by atoms with E-state index < -0.39 is 10.0 Å². The number of hydrogen-bond donors (Lipinski definition) is 1. The van der Waals surface area contributed by atoms with E-state index in [9.17, 15) is 13.2 Å². The molecule has 176 valence electrons. The quantitative estimate of drug-likeness (QED) is 0.304. The van der Waals surface area contributed by atoms with Crippen molar-refractivity contribution in [2.45, 2.75) is 31.7 Å². The maximum atomic E-state index is 13.3. The molecule has 0 aliphatic carbocycles. The molecular weight excluding hydrogens is 488 g/mol. The third kappa shape index (κ3) is 4.97. The van der Waals surface area contributed by atoms with Crippen LogP contribution in [0.5, 0.6) is 0 Å². The Kier molecular flexibility index (Phi) is 6.98. The highest BCUT2D eigenvalue weighted by Gasteiger charge is 2.24. The molecule has 8 heteroatoms. The highest BCUT2D eigenvalue weighted by Crippen LogP contribution is 2.32. The molecule has 0 fully saturated rings. The van der Waals surface area contributed by atoms with Crippen LogP contribution < -0.4 is 9.62 Å². The van der Waals surface area contributed by atoms with Crippen LogP contribution in [0.3, 0.4) is 0 Å². The number of halogens is 1. The Morgan fingerprint density at radius 2 is 1.71 bits per heavy atom. The van der Waals surface area contributed by atoms with Gasteiger partial charge in [-0.05, 0) is 80.3 Å². The first-order valence-electron chi connectivity index (χ1n) is 10.9. The lowest BCUT2D eigenvalue weighted by Gasteiger charge is -2.23. The number of thiophene rings is 1. The minimum absolute atomic E-state index is 0.176. The van der Waals surface area contributed by atoms with Crippen molar-refractivity contribution < 1.29 is 13.2 Å². The maximum Gasteiger partial charge on any atom is 0.264 e. The van der Waals surface area contributed by atoms with E-state index >= 15 is 0 Å². The first-order chi connectivity index (χ1) is 16.2. The molecule has 1 atom stereocenters. The SMILES string of the molecule is CCN(c1ccc2sc(C(=O)NC(C)c3ccc(Cl)cc3)cc2c1)S(=O)(=O)c1ccc(C)cc1. The van der Waals surface area contributed by atoms with Gasteiger partial charge in [-0.25, -0.2) is 8.42 Å². The molecular formula is C26H25ClN2O3S2. The van der Waals surface area contributed by atoms with Crippen LogP contribution in [-0.2, 0) is 10.0 Å². The molecule has 4 rings (SSSR count). The number of anilines is 1. The van der Waals surface area contributed by atoms with Gasteiger partial charge in [0.1, 0.15) is 0 Å². The normalized spacial score (nSPS) is 12.5. The Balaban J connectivity index is 1.59. The number of carbonyl (C=O) groups excluding carboxylic acids is 1. The number of amides is 1. The monoisotopic (exact) mass is 512 g/mol. The number of carbonyl (C=O) groups is 1. The van der Waals surface area contributed by atoms with Crippen molar-refractivity contribution in [1.29, 1.82) is 0 Å². The summed E-state index contributed by atoms with van der Waals surface area (Å²) in [5, 5.41) is 4.48. The van der Waals surface area contributed by atoms with Crippen molar-refractivity contribution in [3.05, 3.63) is 93.8 Å². The molecule has 1 unspecified atom stereocenters. The summed E-state index contributed by atoms with van der Waals surface area (Å²) in [5.74, 6) is -0.176. The van der Waals surface area contributed by atoms with E-state index in [4.69, 9.17) is 11.6 Å². The van der Waals surface area contributed by atoms with Gasteiger partial charge in [-0.15, -0.1) is 11.3 Å². The van der Waals surface area contributed by atoms with Crippen LogP contribution in [0.25, 0.3) is 10.1 Å². The van der Waals surface area contributed by atoms with Crippen LogP contribution in [0, 0.1) is 6.92 Å². The Morgan fingerprint density at radius 1 is 1.03 bits per heavy atom. The molecule has 4 aromatic rings. The van der Waals surface area contributed by atoms with Gasteiger partial charge in [0.05, 0.1) is 21.5 Å². The fourth-order valence-electron chi connectivity index (χ4n) is 3.73. The van der Waals surface area contributed by atoms with E-state index in [1.165, 1.54) is 15.6 Å². The molecule has 1 aromatic heterocycles. The topological polar surface area (TPSA) is 66.5 Å². The summed E-state index contributed by atoms with van der Waals surface area (Å²) in [6, 6.07) is 21.3. The Hall–Kier alpha value is -2.87. The zero-order chi connectivity index (χ0) is 24.5. The minimum atomic E-state index is -3.70. The van der Waals surface area contributed by atoms with Gasteiger partial charge in [-0.3, -0.25) is 9.10 Å². The summed E-state index contributed by atoms with van der Waals surface area (Å²) >= 11 is 7.33. The fourth-order valence-corrected chi connectivity index (χ4v) is 6.27. The molecule has 0 spiro atoms. The van der Waals surface area contributed by atoms with E-state index in [0.29, 0.717) is 15.6 Å². The summed E-state index contributed by atoms with van der Waals surface area (Å²) in [6.07, 6.45) is 0. The van der Waals surface area contributed by atoms with Crippen LogP contribution >= 0.6 is 22.9 Å². The molecule has 0 radical (unpaired) electrons. The highest BCUT2D eigenvalue weighted by atomic mass is 35.5. The fraction of sp³-hybridized carbons (Fsp3) is 0.192. The van der Waals surface area contributed by atoms with Crippen LogP contribution in [0.4, 0.5) is 5.69 Å². The predicted octanol–water partition coefficient (Wildman–Crippen LogP) is 6.57. The lowest BCUT2D eigenvalue weighted by Crippen LogP contribution is -2.30. The van der Waals surface area contributed by atoms with E-state index in [-0.39, 0.29) is 23.4 Å². The van der Waals surface area contributed by atoms with Crippen molar-refractivity contribution in [2.24, 2.45) is 0 Å². The molecule has 34 heavy (non-hydrogen) atoms. The molecule has 0 aliphatic rings. The van der Waals surface area contributed by atoms with Gasteiger partial charge in [0.2, 0.25) is 0 Å². The number of rotatable bonds is 7. The molecule has 1 N–H and O–H groups in total. The van der Waals surface area contributed by atoms with Crippen molar-refractivity contribution in [1.82, 2.24) is 5.32 Å². The van der Waals surface area contributed by atoms with Crippen molar-refractivity contribution in [2.75, 3.05) is 10.8 Å². The van der Waals surface area contributed by atoms with E-state index in [1.54, 1.807) is 55.5 Å². The predicted molar refractivity (Wildman–Crippen MR) is 141 cm³/mol. The summed E-state index contributed by atoms with van der Waals surface area (Å²) in [7, 11) is -3.70. The molecule has 1 heterocycles. The molecule has 0 aliphatic heterocycles. The van der Waals surface area contributed by atoms with Gasteiger partial charge in [0, 0.05) is 16.3 Å². The summed E-state index contributed by atoms with van der Waals surface area (Å²) < 4.78 is 28.8. The Bertz CT molecular complexity index is 1430. The summed E-state index contributed by atoms with van der Waals surface area (Å²) in [4.78, 5) is 13.7. The van der Waals surface area contributed by atoms with Gasteiger partial charge >= 0.3 is 0 Å². The second-order valence-corrected chi connectivity index (χ2v) is 11.4. The van der Waals surface area contributed by atoms with Crippen LogP contribution in [-0.4, -0.2) is 20.9 Å². The molecule has 5 nitrogen and oxygen atoms in total. The van der Waals surface area contributed by atoms with Crippen molar-refractivity contribution >= 4 is 54.6 Å². The first kappa shape index (κ1) is 24.3. The van der Waals surface area contributed by atoms with Crippen LogP contribution in [0.2, 0.25) is 5.02 Å². The zero-order valence-corrected chi connectivity index (χ0v) is 21.5. The third-order valence-corrected chi connectivity index (χ3v) is 8.91.